The maximum absolute atomic E-state index is 13.1. The van der Waals surface area contributed by atoms with E-state index in [-0.39, 0.29) is 11.7 Å². The van der Waals surface area contributed by atoms with Crippen molar-refractivity contribution >= 4 is 17.4 Å². The maximum Gasteiger partial charge on any atom is 0.222 e. The summed E-state index contributed by atoms with van der Waals surface area (Å²) in [5.74, 6) is 0.731. The Morgan fingerprint density at radius 3 is 2.66 bits per heavy atom. The maximum atomic E-state index is 13.1. The highest BCUT2D eigenvalue weighted by Crippen LogP contribution is 2.30. The second-order valence-electron chi connectivity index (χ2n) is 8.48. The zero-order valence-electron chi connectivity index (χ0n) is 18.8. The SMILES string of the molecule is Cc1cc(Nc2ccc(F)cn2)cc(C2CCN(C(=O)CCc3c(C)n[nH]c3C)CC2)n1. The Kier molecular flexibility index (Phi) is 6.48. The minimum absolute atomic E-state index is 0.199. The van der Waals surface area contributed by atoms with E-state index in [4.69, 9.17) is 4.98 Å². The van der Waals surface area contributed by atoms with Gasteiger partial charge in [-0.25, -0.2) is 9.37 Å². The van der Waals surface area contributed by atoms with Gasteiger partial charge in [-0.1, -0.05) is 0 Å². The van der Waals surface area contributed by atoms with Crippen LogP contribution in [0.2, 0.25) is 0 Å². The molecular weight excluding hydrogens is 407 g/mol. The number of carbonyl (C=O) groups is 1. The van der Waals surface area contributed by atoms with Crippen LogP contribution in [0.15, 0.2) is 30.5 Å². The number of nitrogens with one attached hydrogen (secondary N) is 2. The zero-order chi connectivity index (χ0) is 22.7. The molecule has 1 aliphatic rings. The van der Waals surface area contributed by atoms with Crippen LogP contribution in [-0.2, 0) is 11.2 Å². The van der Waals surface area contributed by atoms with Gasteiger partial charge in [0.2, 0.25) is 5.91 Å². The summed E-state index contributed by atoms with van der Waals surface area (Å²) >= 11 is 0. The third-order valence-electron chi connectivity index (χ3n) is 6.11. The molecule has 0 radical (unpaired) electrons. The summed E-state index contributed by atoms with van der Waals surface area (Å²) in [6, 6.07) is 6.98. The smallest absolute Gasteiger partial charge is 0.222 e. The normalized spacial score (nSPS) is 14.6. The van der Waals surface area contributed by atoms with Crippen LogP contribution in [0.5, 0.6) is 0 Å². The van der Waals surface area contributed by atoms with E-state index in [1.54, 1.807) is 6.07 Å². The van der Waals surface area contributed by atoms with E-state index in [9.17, 15) is 9.18 Å². The summed E-state index contributed by atoms with van der Waals surface area (Å²) in [6.45, 7) is 7.41. The molecule has 3 aromatic heterocycles. The van der Waals surface area contributed by atoms with Crippen LogP contribution in [0.25, 0.3) is 0 Å². The first-order valence-corrected chi connectivity index (χ1v) is 11.0. The fourth-order valence-electron chi connectivity index (χ4n) is 4.33. The lowest BCUT2D eigenvalue weighted by Crippen LogP contribution is -2.38. The lowest BCUT2D eigenvalue weighted by molar-refractivity contribution is -0.132. The molecule has 168 valence electrons. The minimum atomic E-state index is -0.363. The third kappa shape index (κ3) is 5.12. The number of rotatable bonds is 6. The standard InChI is InChI=1S/C24H29FN6O/c1-15-12-20(28-23-6-4-19(25)14-26-23)13-22(27-15)18-8-10-31(11-9-18)24(32)7-5-21-16(2)29-30-17(21)3/h4,6,12-14,18H,5,7-11H2,1-3H3,(H,29,30)(H,26,27,28). The van der Waals surface area contributed by atoms with Crippen molar-refractivity contribution < 1.29 is 9.18 Å². The van der Waals surface area contributed by atoms with Gasteiger partial charge < -0.3 is 10.2 Å². The van der Waals surface area contributed by atoms with Crippen LogP contribution >= 0.6 is 0 Å². The number of hydrogen-bond acceptors (Lipinski definition) is 5. The molecule has 0 aromatic carbocycles. The second kappa shape index (κ2) is 9.46. The van der Waals surface area contributed by atoms with E-state index in [0.717, 1.165) is 66.4 Å². The number of amides is 1. The number of halogens is 1. The van der Waals surface area contributed by atoms with Gasteiger partial charge in [0.15, 0.2) is 0 Å². The van der Waals surface area contributed by atoms with Crippen LogP contribution in [0, 0.1) is 26.6 Å². The van der Waals surface area contributed by atoms with Crippen LogP contribution < -0.4 is 5.32 Å². The fraction of sp³-hybridized carbons (Fsp3) is 0.417. The van der Waals surface area contributed by atoms with Gasteiger partial charge in [-0.3, -0.25) is 14.9 Å². The number of anilines is 2. The van der Waals surface area contributed by atoms with Crippen molar-refractivity contribution in [1.82, 2.24) is 25.1 Å². The molecule has 1 aliphatic heterocycles. The molecule has 0 unspecified atom stereocenters. The monoisotopic (exact) mass is 436 g/mol. The quantitative estimate of drug-likeness (QED) is 0.600. The summed E-state index contributed by atoms with van der Waals surface area (Å²) in [6.07, 6.45) is 4.20. The lowest BCUT2D eigenvalue weighted by Gasteiger charge is -2.32. The number of H-pyrrole nitrogens is 1. The van der Waals surface area contributed by atoms with Gasteiger partial charge in [0.25, 0.3) is 0 Å². The lowest BCUT2D eigenvalue weighted by atomic mass is 9.92. The van der Waals surface area contributed by atoms with E-state index < -0.39 is 0 Å². The average molecular weight is 437 g/mol. The molecule has 1 fully saturated rings. The molecule has 1 saturated heterocycles. The fourth-order valence-corrected chi connectivity index (χ4v) is 4.33. The molecular formula is C24H29FN6O. The topological polar surface area (TPSA) is 86.8 Å². The van der Waals surface area contributed by atoms with Gasteiger partial charge in [-0.2, -0.15) is 5.10 Å². The van der Waals surface area contributed by atoms with Crippen molar-refractivity contribution in [3.8, 4) is 0 Å². The Labute approximate surface area is 187 Å². The van der Waals surface area contributed by atoms with Gasteiger partial charge in [-0.05, 0) is 69.9 Å². The zero-order valence-corrected chi connectivity index (χ0v) is 18.8. The number of piperidine rings is 1. The predicted molar refractivity (Wildman–Crippen MR) is 121 cm³/mol. The van der Waals surface area contributed by atoms with E-state index in [2.05, 4.69) is 20.5 Å². The van der Waals surface area contributed by atoms with Crippen molar-refractivity contribution in [1.29, 1.82) is 0 Å². The minimum Gasteiger partial charge on any atom is -0.343 e. The van der Waals surface area contributed by atoms with Crippen molar-refractivity contribution in [2.24, 2.45) is 0 Å². The number of aromatic amines is 1. The molecule has 7 nitrogen and oxygen atoms in total. The first kappa shape index (κ1) is 21.9. The molecule has 4 rings (SSSR count). The summed E-state index contributed by atoms with van der Waals surface area (Å²) < 4.78 is 13.1. The van der Waals surface area contributed by atoms with Crippen molar-refractivity contribution in [3.63, 3.8) is 0 Å². The summed E-state index contributed by atoms with van der Waals surface area (Å²) in [5, 5.41) is 10.4. The van der Waals surface area contributed by atoms with Crippen LogP contribution in [0.4, 0.5) is 15.9 Å². The highest BCUT2D eigenvalue weighted by atomic mass is 19.1. The molecule has 8 heteroatoms. The van der Waals surface area contributed by atoms with Gasteiger partial charge in [0.1, 0.15) is 11.6 Å². The van der Waals surface area contributed by atoms with Crippen LogP contribution in [0.1, 0.15) is 53.5 Å². The van der Waals surface area contributed by atoms with E-state index in [0.29, 0.717) is 18.2 Å². The Balaban J connectivity index is 1.35. The molecule has 0 bridgehead atoms. The van der Waals surface area contributed by atoms with Gasteiger partial charge in [0.05, 0.1) is 11.9 Å². The molecule has 0 saturated carbocycles. The number of aryl methyl sites for hydroxylation is 3. The summed E-state index contributed by atoms with van der Waals surface area (Å²) in [5.41, 5.74) is 5.98. The van der Waals surface area contributed by atoms with Crippen molar-refractivity contribution in [2.45, 2.75) is 52.4 Å². The molecule has 0 spiro atoms. The highest BCUT2D eigenvalue weighted by molar-refractivity contribution is 5.76. The van der Waals surface area contributed by atoms with E-state index >= 15 is 0 Å². The third-order valence-corrected chi connectivity index (χ3v) is 6.11. The first-order valence-electron chi connectivity index (χ1n) is 11.0. The second-order valence-corrected chi connectivity index (χ2v) is 8.48. The Hall–Kier alpha value is -3.29. The number of aromatic nitrogens is 4. The highest BCUT2D eigenvalue weighted by Gasteiger charge is 2.25. The van der Waals surface area contributed by atoms with Crippen molar-refractivity contribution in [2.75, 3.05) is 18.4 Å². The van der Waals surface area contributed by atoms with Crippen LogP contribution in [-0.4, -0.2) is 44.1 Å². The Morgan fingerprint density at radius 2 is 2.00 bits per heavy atom. The number of likely N-dealkylation sites (tertiary alicyclic amines) is 1. The number of carbonyl (C=O) groups excluding carboxylic acids is 1. The van der Waals surface area contributed by atoms with E-state index in [1.165, 1.54) is 12.3 Å². The number of nitrogens with zero attached hydrogens (tertiary/aromatic N) is 4. The van der Waals surface area contributed by atoms with E-state index in [1.807, 2.05) is 37.8 Å². The van der Waals surface area contributed by atoms with Gasteiger partial charge in [-0.15, -0.1) is 0 Å². The largest absolute Gasteiger partial charge is 0.343 e. The molecule has 4 heterocycles. The van der Waals surface area contributed by atoms with Crippen LogP contribution in [0.3, 0.4) is 0 Å². The first-order chi connectivity index (χ1) is 15.4. The molecule has 1 amide bonds. The summed E-state index contributed by atoms with van der Waals surface area (Å²) in [7, 11) is 0. The average Bonchev–Trinajstić information content (AvgIpc) is 3.10. The summed E-state index contributed by atoms with van der Waals surface area (Å²) in [4.78, 5) is 23.5. The molecule has 0 atom stereocenters. The number of hydrogen-bond donors (Lipinski definition) is 2. The van der Waals surface area contributed by atoms with Crippen molar-refractivity contribution in [3.05, 3.63) is 64.6 Å². The Morgan fingerprint density at radius 1 is 1.22 bits per heavy atom. The molecule has 2 N–H and O–H groups in total. The number of pyridine rings is 2. The molecule has 0 aliphatic carbocycles. The molecule has 3 aromatic rings. The molecule has 32 heavy (non-hydrogen) atoms. The predicted octanol–water partition coefficient (Wildman–Crippen LogP) is 4.35. The Bertz CT molecular complexity index is 1070. The van der Waals surface area contributed by atoms with Gasteiger partial charge >= 0.3 is 0 Å². The van der Waals surface area contributed by atoms with Gasteiger partial charge in [0, 0.05) is 48.2 Å².